The zero-order valence-electron chi connectivity index (χ0n) is 17.0. The Morgan fingerprint density at radius 3 is 2.55 bits per heavy atom. The van der Waals surface area contributed by atoms with Crippen LogP contribution in [-0.4, -0.2) is 17.5 Å². The Kier molecular flexibility index (Phi) is 6.74. The van der Waals surface area contributed by atoms with Crippen LogP contribution in [0.5, 0.6) is 5.75 Å². The summed E-state index contributed by atoms with van der Waals surface area (Å²) in [5, 5.41) is 3.82. The van der Waals surface area contributed by atoms with E-state index in [-0.39, 0.29) is 12.5 Å². The Labute approximate surface area is 201 Å². The van der Waals surface area contributed by atoms with Gasteiger partial charge in [0.25, 0.3) is 5.91 Å². The summed E-state index contributed by atoms with van der Waals surface area (Å²) in [5.74, 6) is 0.882. The molecule has 0 fully saturated rings. The lowest BCUT2D eigenvalue weighted by molar-refractivity contribution is -0.118. The van der Waals surface area contributed by atoms with E-state index < -0.39 is 0 Å². The Bertz CT molecular complexity index is 1200. The van der Waals surface area contributed by atoms with Crippen LogP contribution < -0.4 is 10.1 Å². The van der Waals surface area contributed by atoms with Gasteiger partial charge in [0.05, 0.1) is 15.9 Å². The molecule has 4 nitrogen and oxygen atoms in total. The van der Waals surface area contributed by atoms with Crippen LogP contribution in [0.2, 0.25) is 0 Å². The molecule has 4 aromatic rings. The van der Waals surface area contributed by atoms with Crippen LogP contribution in [0.3, 0.4) is 0 Å². The Morgan fingerprint density at radius 1 is 1.10 bits per heavy atom. The first-order valence-electron chi connectivity index (χ1n) is 9.78. The van der Waals surface area contributed by atoms with Gasteiger partial charge in [-0.1, -0.05) is 54.0 Å². The highest BCUT2D eigenvalue weighted by molar-refractivity contribution is 9.11. The number of benzene rings is 3. The minimum absolute atomic E-state index is 0.0805. The van der Waals surface area contributed by atoms with Gasteiger partial charge in [-0.2, -0.15) is 0 Å². The lowest BCUT2D eigenvalue weighted by atomic mass is 10.0. The predicted molar refractivity (Wildman–Crippen MR) is 135 cm³/mol. The molecule has 0 radical (unpaired) electrons. The summed E-state index contributed by atoms with van der Waals surface area (Å²) in [6, 6.07) is 19.7. The Balaban J connectivity index is 1.54. The number of rotatable bonds is 6. The van der Waals surface area contributed by atoms with Crippen molar-refractivity contribution in [1.29, 1.82) is 0 Å². The molecular formula is C24H20Br2N2O2S. The molecule has 7 heteroatoms. The van der Waals surface area contributed by atoms with Gasteiger partial charge in [0, 0.05) is 14.5 Å². The van der Waals surface area contributed by atoms with Gasteiger partial charge in [-0.3, -0.25) is 4.79 Å². The molecule has 4 rings (SSSR count). The molecule has 0 spiro atoms. The molecule has 0 unspecified atom stereocenters. The molecule has 0 saturated heterocycles. The summed E-state index contributed by atoms with van der Waals surface area (Å²) < 4.78 is 8.44. The normalized spacial score (nSPS) is 11.1. The summed E-state index contributed by atoms with van der Waals surface area (Å²) in [6.45, 7) is 4.20. The van der Waals surface area contributed by atoms with E-state index in [1.807, 2.05) is 60.7 Å². The second kappa shape index (κ2) is 9.51. The molecule has 1 heterocycles. The standard InChI is InChI=1S/C24H20Br2N2O2S/c1-14(2)15-7-9-17(10-8-15)30-13-22(29)28-23-18(11-16(25)12-19(23)26)24-27-20-5-3-4-6-21(20)31-24/h3-12,14H,13H2,1-2H3,(H,28,29). The molecule has 0 aliphatic heterocycles. The summed E-state index contributed by atoms with van der Waals surface area (Å²) in [5.41, 5.74) is 3.68. The molecule has 0 aliphatic carbocycles. The van der Waals surface area contributed by atoms with E-state index in [0.717, 1.165) is 29.7 Å². The Hall–Kier alpha value is -2.22. The highest BCUT2D eigenvalue weighted by Gasteiger charge is 2.17. The van der Waals surface area contributed by atoms with E-state index >= 15 is 0 Å². The largest absolute Gasteiger partial charge is 0.484 e. The minimum Gasteiger partial charge on any atom is -0.484 e. The molecule has 3 aromatic carbocycles. The fourth-order valence-electron chi connectivity index (χ4n) is 3.13. The Morgan fingerprint density at radius 2 is 1.84 bits per heavy atom. The fraction of sp³-hybridized carbons (Fsp3) is 0.167. The van der Waals surface area contributed by atoms with Gasteiger partial charge in [0.15, 0.2) is 6.61 Å². The predicted octanol–water partition coefficient (Wildman–Crippen LogP) is 7.63. The maximum Gasteiger partial charge on any atom is 0.262 e. The number of halogens is 2. The van der Waals surface area contributed by atoms with Crippen LogP contribution in [-0.2, 0) is 4.79 Å². The summed E-state index contributed by atoms with van der Waals surface area (Å²) in [7, 11) is 0. The van der Waals surface area contributed by atoms with Crippen molar-refractivity contribution in [2.45, 2.75) is 19.8 Å². The van der Waals surface area contributed by atoms with Crippen molar-refractivity contribution in [3.8, 4) is 16.3 Å². The molecule has 1 amide bonds. The number of fused-ring (bicyclic) bond motifs is 1. The van der Waals surface area contributed by atoms with Gasteiger partial charge in [0.1, 0.15) is 10.8 Å². The number of thiazole rings is 1. The van der Waals surface area contributed by atoms with Crippen molar-refractivity contribution in [2.24, 2.45) is 0 Å². The van der Waals surface area contributed by atoms with Crippen molar-refractivity contribution in [2.75, 3.05) is 11.9 Å². The lowest BCUT2D eigenvalue weighted by Gasteiger charge is -2.13. The topological polar surface area (TPSA) is 51.2 Å². The number of nitrogens with zero attached hydrogens (tertiary/aromatic N) is 1. The number of anilines is 1. The van der Waals surface area contributed by atoms with Crippen LogP contribution in [0.15, 0.2) is 69.6 Å². The van der Waals surface area contributed by atoms with Crippen molar-refractivity contribution in [1.82, 2.24) is 4.98 Å². The number of hydrogen-bond acceptors (Lipinski definition) is 4. The second-order valence-electron chi connectivity index (χ2n) is 7.36. The molecule has 0 bridgehead atoms. The smallest absolute Gasteiger partial charge is 0.262 e. The molecule has 158 valence electrons. The number of para-hydroxylation sites is 1. The lowest BCUT2D eigenvalue weighted by Crippen LogP contribution is -2.21. The van der Waals surface area contributed by atoms with E-state index in [1.54, 1.807) is 11.3 Å². The van der Waals surface area contributed by atoms with Crippen molar-refractivity contribution >= 4 is 65.0 Å². The molecule has 1 aromatic heterocycles. The first kappa shape index (κ1) is 22.0. The quantitative estimate of drug-likeness (QED) is 0.264. The first-order valence-corrected chi connectivity index (χ1v) is 12.2. The zero-order chi connectivity index (χ0) is 22.0. The third kappa shape index (κ3) is 5.17. The molecule has 0 atom stereocenters. The van der Waals surface area contributed by atoms with Crippen LogP contribution >= 0.6 is 43.2 Å². The number of ether oxygens (including phenoxy) is 1. The maximum absolute atomic E-state index is 12.7. The van der Waals surface area contributed by atoms with Gasteiger partial charge in [-0.05, 0) is 63.8 Å². The number of carbonyl (C=O) groups is 1. The molecule has 1 N–H and O–H groups in total. The summed E-state index contributed by atoms with van der Waals surface area (Å²) >= 11 is 8.71. The number of amides is 1. The monoisotopic (exact) mass is 558 g/mol. The van der Waals surface area contributed by atoms with Crippen LogP contribution in [0, 0.1) is 0 Å². The molecular weight excluding hydrogens is 540 g/mol. The van der Waals surface area contributed by atoms with Gasteiger partial charge in [-0.15, -0.1) is 11.3 Å². The van der Waals surface area contributed by atoms with Gasteiger partial charge in [-0.25, -0.2) is 4.98 Å². The van der Waals surface area contributed by atoms with Crippen LogP contribution in [0.4, 0.5) is 5.69 Å². The van der Waals surface area contributed by atoms with Gasteiger partial charge < -0.3 is 10.1 Å². The summed E-state index contributed by atoms with van der Waals surface area (Å²) in [4.78, 5) is 17.4. The van der Waals surface area contributed by atoms with Crippen molar-refractivity contribution in [3.63, 3.8) is 0 Å². The van der Waals surface area contributed by atoms with Crippen LogP contribution in [0.25, 0.3) is 20.8 Å². The third-order valence-corrected chi connectivity index (χ3v) is 6.91. The molecule has 31 heavy (non-hydrogen) atoms. The number of aromatic nitrogens is 1. The summed E-state index contributed by atoms with van der Waals surface area (Å²) in [6.07, 6.45) is 0. The maximum atomic E-state index is 12.7. The van der Waals surface area contributed by atoms with Crippen molar-refractivity contribution in [3.05, 3.63) is 75.2 Å². The highest BCUT2D eigenvalue weighted by atomic mass is 79.9. The van der Waals surface area contributed by atoms with E-state index in [4.69, 9.17) is 9.72 Å². The third-order valence-electron chi connectivity index (χ3n) is 4.76. The first-order chi connectivity index (χ1) is 14.9. The number of hydrogen-bond donors (Lipinski definition) is 1. The van der Waals surface area contributed by atoms with E-state index in [9.17, 15) is 4.79 Å². The van der Waals surface area contributed by atoms with Gasteiger partial charge >= 0.3 is 0 Å². The molecule has 0 saturated carbocycles. The fourth-order valence-corrected chi connectivity index (χ4v) is 5.44. The second-order valence-corrected chi connectivity index (χ2v) is 10.2. The average Bonchev–Trinajstić information content (AvgIpc) is 3.18. The number of nitrogens with one attached hydrogen (secondary N) is 1. The SMILES string of the molecule is CC(C)c1ccc(OCC(=O)Nc2c(Br)cc(Br)cc2-c2nc3ccccc3s2)cc1. The molecule has 0 aliphatic rings. The van der Waals surface area contributed by atoms with E-state index in [1.165, 1.54) is 5.56 Å². The van der Waals surface area contributed by atoms with E-state index in [0.29, 0.717) is 17.4 Å². The minimum atomic E-state index is -0.238. The van der Waals surface area contributed by atoms with E-state index in [2.05, 4.69) is 51.0 Å². The van der Waals surface area contributed by atoms with Crippen molar-refractivity contribution < 1.29 is 9.53 Å². The van der Waals surface area contributed by atoms with Crippen LogP contribution in [0.1, 0.15) is 25.3 Å². The highest BCUT2D eigenvalue weighted by Crippen LogP contribution is 2.40. The van der Waals surface area contributed by atoms with Gasteiger partial charge in [0.2, 0.25) is 0 Å². The zero-order valence-corrected chi connectivity index (χ0v) is 21.0. The number of carbonyl (C=O) groups excluding carboxylic acids is 1. The average molecular weight is 560 g/mol.